The largest absolute Gasteiger partial charge is 0.456 e. The van der Waals surface area contributed by atoms with Crippen molar-refractivity contribution in [2.24, 2.45) is 0 Å². The molecule has 1 atom stereocenters. The second kappa shape index (κ2) is 9.76. The van der Waals surface area contributed by atoms with Crippen molar-refractivity contribution in [3.63, 3.8) is 0 Å². The molecule has 1 aliphatic rings. The maximum Gasteiger partial charge on any atom is 0.255 e. The number of carbonyl (C=O) groups excluding carboxylic acids is 1. The third-order valence-corrected chi connectivity index (χ3v) is 6.30. The number of nitrogens with zero attached hydrogens (tertiary/aromatic N) is 2. The van der Waals surface area contributed by atoms with Gasteiger partial charge in [0.1, 0.15) is 16.9 Å². The number of nitrogens with one attached hydrogen (secondary N) is 4. The van der Waals surface area contributed by atoms with Crippen LogP contribution < -0.4 is 20.7 Å². The number of aromatic amines is 1. The summed E-state index contributed by atoms with van der Waals surface area (Å²) in [5.74, 6) is 2.15. The topological polar surface area (TPSA) is 104 Å². The highest BCUT2D eigenvalue weighted by Gasteiger charge is 2.19. The van der Waals surface area contributed by atoms with E-state index in [2.05, 4.69) is 58.0 Å². The highest BCUT2D eigenvalue weighted by Crippen LogP contribution is 2.33. The number of benzene rings is 2. The fourth-order valence-corrected chi connectivity index (χ4v) is 4.52. The monoisotopic (exact) mass is 470 g/mol. The van der Waals surface area contributed by atoms with Crippen LogP contribution in [0.2, 0.25) is 0 Å². The molecule has 0 radical (unpaired) electrons. The van der Waals surface area contributed by atoms with E-state index in [4.69, 9.17) is 4.74 Å². The summed E-state index contributed by atoms with van der Waals surface area (Å²) in [5.41, 5.74) is 4.37. The Kier molecular flexibility index (Phi) is 6.37. The molecule has 5 rings (SSSR count). The molecular formula is C27H30N6O2. The average molecular weight is 471 g/mol. The van der Waals surface area contributed by atoms with Gasteiger partial charge in [0.2, 0.25) is 0 Å². The van der Waals surface area contributed by atoms with Crippen LogP contribution in [-0.2, 0) is 0 Å². The first-order valence-corrected chi connectivity index (χ1v) is 12.0. The van der Waals surface area contributed by atoms with Crippen molar-refractivity contribution in [1.82, 2.24) is 20.5 Å². The minimum atomic E-state index is -0.188. The van der Waals surface area contributed by atoms with Gasteiger partial charge in [-0.05, 0) is 67.3 Å². The summed E-state index contributed by atoms with van der Waals surface area (Å²) < 4.78 is 6.22. The average Bonchev–Trinajstić information content (AvgIpc) is 3.50. The molecule has 2 aromatic carbocycles. The molecule has 1 fully saturated rings. The van der Waals surface area contributed by atoms with E-state index in [9.17, 15) is 4.79 Å². The third-order valence-electron chi connectivity index (χ3n) is 6.30. The van der Waals surface area contributed by atoms with Crippen LogP contribution >= 0.6 is 0 Å². The quantitative estimate of drug-likeness (QED) is 0.296. The molecule has 35 heavy (non-hydrogen) atoms. The van der Waals surface area contributed by atoms with Gasteiger partial charge in [0.15, 0.2) is 11.5 Å². The number of fused-ring (bicyclic) bond motifs is 1. The molecule has 180 valence electrons. The Hall–Kier alpha value is -3.91. The molecule has 0 saturated carbocycles. The molecule has 1 saturated heterocycles. The van der Waals surface area contributed by atoms with Crippen LogP contribution in [0.5, 0.6) is 11.5 Å². The summed E-state index contributed by atoms with van der Waals surface area (Å²) in [7, 11) is 0. The van der Waals surface area contributed by atoms with Crippen molar-refractivity contribution in [2.45, 2.75) is 39.2 Å². The summed E-state index contributed by atoms with van der Waals surface area (Å²) in [6, 6.07) is 15.3. The molecular weight excluding hydrogens is 440 g/mol. The number of amides is 1. The predicted octanol–water partition coefficient (Wildman–Crippen LogP) is 5.21. The molecule has 0 aliphatic carbocycles. The van der Waals surface area contributed by atoms with Crippen LogP contribution in [0.4, 0.5) is 11.5 Å². The number of anilines is 2. The summed E-state index contributed by atoms with van der Waals surface area (Å²) in [5, 5.41) is 18.0. The molecule has 0 unspecified atom stereocenters. The van der Waals surface area contributed by atoms with Crippen LogP contribution in [0, 0.1) is 6.92 Å². The van der Waals surface area contributed by atoms with E-state index in [-0.39, 0.29) is 5.91 Å². The van der Waals surface area contributed by atoms with Gasteiger partial charge in [-0.15, -0.1) is 0 Å². The minimum absolute atomic E-state index is 0.188. The lowest BCUT2D eigenvalue weighted by Gasteiger charge is -2.13. The van der Waals surface area contributed by atoms with Crippen molar-refractivity contribution in [2.75, 3.05) is 23.7 Å². The number of aromatic nitrogens is 3. The smallest absolute Gasteiger partial charge is 0.255 e. The minimum Gasteiger partial charge on any atom is -0.456 e. The van der Waals surface area contributed by atoms with Gasteiger partial charge in [-0.3, -0.25) is 9.89 Å². The predicted molar refractivity (Wildman–Crippen MR) is 139 cm³/mol. The van der Waals surface area contributed by atoms with Gasteiger partial charge in [0, 0.05) is 36.1 Å². The van der Waals surface area contributed by atoms with Gasteiger partial charge in [-0.25, -0.2) is 4.98 Å². The number of ether oxygens (including phenoxy) is 1. The molecule has 4 N–H and O–H groups in total. The van der Waals surface area contributed by atoms with E-state index >= 15 is 0 Å². The Morgan fingerprint density at radius 1 is 1.17 bits per heavy atom. The molecule has 0 spiro atoms. The van der Waals surface area contributed by atoms with Crippen LogP contribution in [0.15, 0.2) is 54.7 Å². The summed E-state index contributed by atoms with van der Waals surface area (Å²) in [6.07, 6.45) is 2.71. The van der Waals surface area contributed by atoms with Crippen molar-refractivity contribution >= 4 is 28.4 Å². The zero-order chi connectivity index (χ0) is 24.4. The van der Waals surface area contributed by atoms with Gasteiger partial charge < -0.3 is 20.7 Å². The molecule has 0 bridgehead atoms. The second-order valence-corrected chi connectivity index (χ2v) is 9.25. The Balaban J connectivity index is 1.35. The molecule has 3 heterocycles. The van der Waals surface area contributed by atoms with E-state index in [1.165, 1.54) is 5.56 Å². The Labute approximate surface area is 204 Å². The number of carbonyl (C=O) groups is 1. The summed E-state index contributed by atoms with van der Waals surface area (Å²) >= 11 is 0. The van der Waals surface area contributed by atoms with Crippen LogP contribution in [0.1, 0.15) is 47.7 Å². The van der Waals surface area contributed by atoms with Crippen LogP contribution in [-0.4, -0.2) is 40.2 Å². The first-order valence-electron chi connectivity index (χ1n) is 12.0. The SMILES string of the molecule is Cc1cc(NC(=O)c2cccc(Oc3ccnc4[nH]nc(N[C@H]5CCNC5)c34)c2)ccc1C(C)C. The Morgan fingerprint density at radius 3 is 2.83 bits per heavy atom. The highest BCUT2D eigenvalue weighted by atomic mass is 16.5. The maximum absolute atomic E-state index is 13.0. The number of rotatable bonds is 7. The zero-order valence-corrected chi connectivity index (χ0v) is 20.2. The van der Waals surface area contributed by atoms with Crippen LogP contribution in [0.3, 0.4) is 0 Å². The molecule has 2 aromatic heterocycles. The van der Waals surface area contributed by atoms with E-state index < -0.39 is 0 Å². The number of aryl methyl sites for hydroxylation is 1. The number of hydrogen-bond donors (Lipinski definition) is 4. The van der Waals surface area contributed by atoms with Gasteiger partial charge in [0.25, 0.3) is 5.91 Å². The van der Waals surface area contributed by atoms with Crippen molar-refractivity contribution in [3.05, 3.63) is 71.4 Å². The fraction of sp³-hybridized carbons (Fsp3) is 0.296. The molecule has 8 heteroatoms. The van der Waals surface area contributed by atoms with E-state index in [1.54, 1.807) is 18.3 Å². The van der Waals surface area contributed by atoms with E-state index in [0.717, 1.165) is 36.1 Å². The summed E-state index contributed by atoms with van der Waals surface area (Å²) in [6.45, 7) is 8.27. The first kappa shape index (κ1) is 22.9. The number of pyridine rings is 1. The van der Waals surface area contributed by atoms with Crippen molar-refractivity contribution < 1.29 is 9.53 Å². The highest BCUT2D eigenvalue weighted by molar-refractivity contribution is 6.04. The van der Waals surface area contributed by atoms with Crippen LogP contribution in [0.25, 0.3) is 11.0 Å². The lowest BCUT2D eigenvalue weighted by molar-refractivity contribution is 0.102. The fourth-order valence-electron chi connectivity index (χ4n) is 4.52. The molecule has 1 aliphatic heterocycles. The Morgan fingerprint density at radius 2 is 2.06 bits per heavy atom. The lowest BCUT2D eigenvalue weighted by atomic mass is 9.97. The number of H-pyrrole nitrogens is 1. The van der Waals surface area contributed by atoms with E-state index in [0.29, 0.717) is 40.5 Å². The standard InChI is InChI=1S/C27H30N6O2/c1-16(2)22-8-7-19(13-17(22)3)31-27(34)18-5-4-6-21(14-18)35-23-10-12-29-25-24(23)26(33-32-25)30-20-9-11-28-15-20/h4-8,10,12-14,16,20,28H,9,11,15H2,1-3H3,(H,31,34)(H2,29,30,32,33)/t20-/m0/s1. The zero-order valence-electron chi connectivity index (χ0n) is 20.2. The van der Waals surface area contributed by atoms with Crippen molar-refractivity contribution in [3.8, 4) is 11.5 Å². The molecule has 4 aromatic rings. The molecule has 8 nitrogen and oxygen atoms in total. The first-order chi connectivity index (χ1) is 17.0. The van der Waals surface area contributed by atoms with E-state index in [1.807, 2.05) is 30.3 Å². The van der Waals surface area contributed by atoms with Gasteiger partial charge in [0.05, 0.1) is 0 Å². The Bertz CT molecular complexity index is 1360. The maximum atomic E-state index is 13.0. The van der Waals surface area contributed by atoms with Crippen molar-refractivity contribution in [1.29, 1.82) is 0 Å². The van der Waals surface area contributed by atoms with Gasteiger partial charge >= 0.3 is 0 Å². The normalized spacial score (nSPS) is 15.5. The third kappa shape index (κ3) is 4.97. The summed E-state index contributed by atoms with van der Waals surface area (Å²) in [4.78, 5) is 17.3. The number of hydrogen-bond acceptors (Lipinski definition) is 6. The lowest BCUT2D eigenvalue weighted by Crippen LogP contribution is -2.22. The van der Waals surface area contributed by atoms with Gasteiger partial charge in [-0.2, -0.15) is 5.10 Å². The van der Waals surface area contributed by atoms with Gasteiger partial charge in [-0.1, -0.05) is 26.0 Å². The molecule has 1 amide bonds. The second-order valence-electron chi connectivity index (χ2n) is 9.25.